The average molecular weight is 224 g/mol. The van der Waals surface area contributed by atoms with Crippen molar-refractivity contribution in [1.29, 1.82) is 0 Å². The van der Waals surface area contributed by atoms with Crippen molar-refractivity contribution in [3.8, 4) is 12.3 Å². The van der Waals surface area contributed by atoms with Crippen LogP contribution in [0.1, 0.15) is 33.6 Å². The van der Waals surface area contributed by atoms with Crippen molar-refractivity contribution < 1.29 is 4.79 Å². The van der Waals surface area contributed by atoms with E-state index < -0.39 is 0 Å². The number of carbonyl (C=O) groups is 1. The Hall–Kier alpha value is -1.01. The molecule has 16 heavy (non-hydrogen) atoms. The molecule has 1 N–H and O–H groups in total. The summed E-state index contributed by atoms with van der Waals surface area (Å²) in [5.41, 5.74) is 0. The number of amides is 1. The summed E-state index contributed by atoms with van der Waals surface area (Å²) in [5.74, 6) is 3.21. The normalized spacial score (nSPS) is 10.2. The molecule has 0 heterocycles. The average Bonchev–Trinajstić information content (AvgIpc) is 2.31. The molecule has 0 saturated carbocycles. The van der Waals surface area contributed by atoms with Crippen LogP contribution in [0, 0.1) is 18.3 Å². The summed E-state index contributed by atoms with van der Waals surface area (Å²) in [5, 5.41) is 2.93. The number of terminal acetylenes is 1. The molecule has 0 aromatic rings. The van der Waals surface area contributed by atoms with Crippen molar-refractivity contribution >= 4 is 5.91 Å². The number of nitrogens with one attached hydrogen (secondary N) is 1. The minimum absolute atomic E-state index is 0.143. The van der Waals surface area contributed by atoms with Crippen LogP contribution >= 0.6 is 0 Å². The highest BCUT2D eigenvalue weighted by atomic mass is 16.2. The standard InChI is InChI=1S/C13H24N2O/c1-5-9-14-10-13(16)15(8-4)11-12(6-2)7-3/h1,12,14H,6-11H2,2-4H3. The Morgan fingerprint density at radius 1 is 1.38 bits per heavy atom. The predicted molar refractivity (Wildman–Crippen MR) is 68.0 cm³/mol. The summed E-state index contributed by atoms with van der Waals surface area (Å²) in [6, 6.07) is 0. The van der Waals surface area contributed by atoms with E-state index in [-0.39, 0.29) is 5.91 Å². The lowest BCUT2D eigenvalue weighted by Crippen LogP contribution is -2.40. The Labute approximate surface area is 99.6 Å². The van der Waals surface area contributed by atoms with Gasteiger partial charge in [-0.3, -0.25) is 10.1 Å². The molecule has 92 valence electrons. The third-order valence-electron chi connectivity index (χ3n) is 2.87. The van der Waals surface area contributed by atoms with E-state index in [4.69, 9.17) is 6.42 Å². The van der Waals surface area contributed by atoms with Crippen LogP contribution in [0.3, 0.4) is 0 Å². The summed E-state index contributed by atoms with van der Waals surface area (Å²) >= 11 is 0. The zero-order valence-electron chi connectivity index (χ0n) is 10.8. The van der Waals surface area contributed by atoms with Crippen LogP contribution in [0.4, 0.5) is 0 Å². The first kappa shape index (κ1) is 15.0. The molecule has 0 aromatic carbocycles. The van der Waals surface area contributed by atoms with E-state index in [1.54, 1.807) is 0 Å². The third-order valence-corrected chi connectivity index (χ3v) is 2.87. The topological polar surface area (TPSA) is 32.3 Å². The molecule has 0 aromatic heterocycles. The van der Waals surface area contributed by atoms with Gasteiger partial charge in [0.05, 0.1) is 13.1 Å². The van der Waals surface area contributed by atoms with Crippen molar-refractivity contribution in [2.24, 2.45) is 5.92 Å². The lowest BCUT2D eigenvalue weighted by atomic mass is 10.0. The van der Waals surface area contributed by atoms with E-state index in [0.717, 1.165) is 25.9 Å². The van der Waals surface area contributed by atoms with E-state index >= 15 is 0 Å². The van der Waals surface area contributed by atoms with E-state index in [1.165, 1.54) is 0 Å². The summed E-state index contributed by atoms with van der Waals surface area (Å²) in [7, 11) is 0. The summed E-state index contributed by atoms with van der Waals surface area (Å²) in [6.07, 6.45) is 7.36. The highest BCUT2D eigenvalue weighted by Gasteiger charge is 2.14. The quantitative estimate of drug-likeness (QED) is 0.500. The van der Waals surface area contributed by atoms with Crippen molar-refractivity contribution in [2.45, 2.75) is 33.6 Å². The van der Waals surface area contributed by atoms with E-state index in [1.807, 2.05) is 11.8 Å². The SMILES string of the molecule is C#CCNCC(=O)N(CC)CC(CC)CC. The summed E-state index contributed by atoms with van der Waals surface area (Å²) < 4.78 is 0. The first-order valence-electron chi connectivity index (χ1n) is 6.11. The number of carbonyl (C=O) groups excluding carboxylic acids is 1. The molecule has 0 atom stereocenters. The van der Waals surface area contributed by atoms with Gasteiger partial charge in [-0.05, 0) is 12.8 Å². The Morgan fingerprint density at radius 2 is 2.00 bits per heavy atom. The van der Waals surface area contributed by atoms with E-state index in [9.17, 15) is 4.79 Å². The van der Waals surface area contributed by atoms with Gasteiger partial charge in [-0.2, -0.15) is 0 Å². The molecule has 0 aliphatic rings. The van der Waals surface area contributed by atoms with Crippen LogP contribution in [0.15, 0.2) is 0 Å². The smallest absolute Gasteiger partial charge is 0.236 e. The van der Waals surface area contributed by atoms with Gasteiger partial charge in [0.2, 0.25) is 5.91 Å². The molecule has 1 amide bonds. The molecule has 0 spiro atoms. The van der Waals surface area contributed by atoms with Crippen LogP contribution in [0.25, 0.3) is 0 Å². The van der Waals surface area contributed by atoms with Crippen LogP contribution in [0.5, 0.6) is 0 Å². The maximum absolute atomic E-state index is 11.8. The Bertz CT molecular complexity index is 229. The minimum atomic E-state index is 0.143. The summed E-state index contributed by atoms with van der Waals surface area (Å²) in [6.45, 7) is 8.78. The molecule has 0 unspecified atom stereocenters. The van der Waals surface area contributed by atoms with Gasteiger partial charge in [-0.25, -0.2) is 0 Å². The molecular formula is C13H24N2O. The molecule has 0 bridgehead atoms. The van der Waals surface area contributed by atoms with Gasteiger partial charge in [-0.1, -0.05) is 32.6 Å². The van der Waals surface area contributed by atoms with Gasteiger partial charge in [0.15, 0.2) is 0 Å². The largest absolute Gasteiger partial charge is 0.342 e. The second-order valence-electron chi connectivity index (χ2n) is 3.92. The predicted octanol–water partition coefficient (Wildman–Crippen LogP) is 1.49. The zero-order valence-corrected chi connectivity index (χ0v) is 10.8. The molecule has 3 heteroatoms. The number of nitrogens with zero attached hydrogens (tertiary/aromatic N) is 1. The van der Waals surface area contributed by atoms with Crippen LogP contribution in [0.2, 0.25) is 0 Å². The van der Waals surface area contributed by atoms with Crippen molar-refractivity contribution in [3.63, 3.8) is 0 Å². The molecular weight excluding hydrogens is 200 g/mol. The lowest BCUT2D eigenvalue weighted by molar-refractivity contribution is -0.130. The Balaban J connectivity index is 4.06. The molecule has 0 rings (SSSR count). The van der Waals surface area contributed by atoms with Gasteiger partial charge in [-0.15, -0.1) is 6.42 Å². The number of likely N-dealkylation sites (N-methyl/N-ethyl adjacent to an activating group) is 1. The fraction of sp³-hybridized carbons (Fsp3) is 0.769. The van der Waals surface area contributed by atoms with E-state index in [0.29, 0.717) is 19.0 Å². The molecule has 3 nitrogen and oxygen atoms in total. The fourth-order valence-corrected chi connectivity index (χ4v) is 1.62. The minimum Gasteiger partial charge on any atom is -0.342 e. The lowest BCUT2D eigenvalue weighted by Gasteiger charge is -2.25. The van der Waals surface area contributed by atoms with Gasteiger partial charge >= 0.3 is 0 Å². The molecule has 0 saturated heterocycles. The maximum Gasteiger partial charge on any atom is 0.236 e. The maximum atomic E-state index is 11.8. The number of hydrogen-bond acceptors (Lipinski definition) is 2. The fourth-order valence-electron chi connectivity index (χ4n) is 1.62. The van der Waals surface area contributed by atoms with Crippen LogP contribution in [-0.2, 0) is 4.79 Å². The van der Waals surface area contributed by atoms with Gasteiger partial charge in [0.1, 0.15) is 0 Å². The van der Waals surface area contributed by atoms with Gasteiger partial charge in [0.25, 0.3) is 0 Å². The van der Waals surface area contributed by atoms with Crippen LogP contribution < -0.4 is 5.32 Å². The molecule has 0 aliphatic carbocycles. The van der Waals surface area contributed by atoms with E-state index in [2.05, 4.69) is 25.1 Å². The second kappa shape index (κ2) is 9.23. The monoisotopic (exact) mass is 224 g/mol. The zero-order chi connectivity index (χ0) is 12.4. The molecule has 0 aliphatic heterocycles. The molecule has 0 fully saturated rings. The molecule has 0 radical (unpaired) electrons. The highest BCUT2D eigenvalue weighted by Crippen LogP contribution is 2.09. The first-order valence-corrected chi connectivity index (χ1v) is 6.11. The number of rotatable bonds is 8. The number of hydrogen-bond donors (Lipinski definition) is 1. The Morgan fingerprint density at radius 3 is 2.44 bits per heavy atom. The highest BCUT2D eigenvalue weighted by molar-refractivity contribution is 5.78. The van der Waals surface area contributed by atoms with Gasteiger partial charge in [0, 0.05) is 13.1 Å². The first-order chi connectivity index (χ1) is 7.69. The van der Waals surface area contributed by atoms with Crippen molar-refractivity contribution in [3.05, 3.63) is 0 Å². The van der Waals surface area contributed by atoms with Gasteiger partial charge < -0.3 is 4.90 Å². The summed E-state index contributed by atoms with van der Waals surface area (Å²) in [4.78, 5) is 13.7. The second-order valence-corrected chi connectivity index (χ2v) is 3.92. The Kier molecular flexibility index (Phi) is 8.65. The third kappa shape index (κ3) is 5.77. The van der Waals surface area contributed by atoms with Crippen LogP contribution in [-0.4, -0.2) is 37.0 Å². The van der Waals surface area contributed by atoms with Crippen molar-refractivity contribution in [2.75, 3.05) is 26.2 Å². The van der Waals surface area contributed by atoms with Crippen molar-refractivity contribution in [1.82, 2.24) is 10.2 Å².